The first-order chi connectivity index (χ1) is 10.8. The topological polar surface area (TPSA) is 63.2 Å². The Kier molecular flexibility index (Phi) is 5.46. The number of hydrogen-bond donors (Lipinski definition) is 1. The zero-order valence-corrected chi connectivity index (χ0v) is 14.4. The number of carbonyl (C=O) groups excluding carboxylic acids is 1. The molecular weight excluding hydrogens is 357 g/mol. The van der Waals surface area contributed by atoms with Crippen LogP contribution in [0.15, 0.2) is 64.5 Å². The molecule has 2 rings (SSSR count). The normalized spacial score (nSPS) is 12.0. The Bertz CT molecular complexity index is 842. The van der Waals surface area contributed by atoms with Crippen LogP contribution in [-0.2, 0) is 14.6 Å². The summed E-state index contributed by atoms with van der Waals surface area (Å²) in [5, 5.41) is 3.76. The van der Waals surface area contributed by atoms with Crippen LogP contribution in [0.3, 0.4) is 0 Å². The molecule has 0 aliphatic heterocycles. The first kappa shape index (κ1) is 17.5. The molecular formula is C16H13Cl2NO3S. The van der Waals surface area contributed by atoms with Crippen molar-refractivity contribution < 1.29 is 13.2 Å². The van der Waals surface area contributed by atoms with Crippen LogP contribution in [0.25, 0.3) is 0 Å². The van der Waals surface area contributed by atoms with Gasteiger partial charge in [-0.15, -0.1) is 0 Å². The maximum atomic E-state index is 12.6. The Balaban J connectivity index is 2.37. The van der Waals surface area contributed by atoms with E-state index in [4.69, 9.17) is 23.2 Å². The molecule has 0 heterocycles. The number of sulfone groups is 1. The molecule has 2 aromatic rings. The Morgan fingerprint density at radius 1 is 0.957 bits per heavy atom. The molecule has 2 aromatic carbocycles. The van der Waals surface area contributed by atoms with Gasteiger partial charge < -0.3 is 5.32 Å². The zero-order valence-electron chi connectivity index (χ0n) is 12.1. The van der Waals surface area contributed by atoms with Crippen molar-refractivity contribution in [3.63, 3.8) is 0 Å². The standard InChI is InChI=1S/C16H13Cl2NO3S/c1-11(20)16(10-19-14-6-2-12(17)3-7-14)23(21,22)15-8-4-13(18)5-9-15/h2-10,19H,1H3. The number of anilines is 1. The van der Waals surface area contributed by atoms with Crippen LogP contribution in [0.2, 0.25) is 10.0 Å². The van der Waals surface area contributed by atoms with E-state index in [0.29, 0.717) is 15.7 Å². The van der Waals surface area contributed by atoms with Crippen molar-refractivity contribution in [2.75, 3.05) is 5.32 Å². The minimum atomic E-state index is -3.93. The van der Waals surface area contributed by atoms with Crippen LogP contribution < -0.4 is 5.32 Å². The fourth-order valence-electron chi connectivity index (χ4n) is 1.80. The van der Waals surface area contributed by atoms with E-state index in [0.717, 1.165) is 0 Å². The van der Waals surface area contributed by atoms with Crippen LogP contribution in [0.4, 0.5) is 5.69 Å². The van der Waals surface area contributed by atoms with E-state index in [1.54, 1.807) is 24.3 Å². The summed E-state index contributed by atoms with van der Waals surface area (Å²) >= 11 is 11.5. The van der Waals surface area contributed by atoms with E-state index in [9.17, 15) is 13.2 Å². The summed E-state index contributed by atoms with van der Waals surface area (Å²) in [5.41, 5.74) is 0.611. The first-order valence-electron chi connectivity index (χ1n) is 6.54. The number of rotatable bonds is 5. The number of carbonyl (C=O) groups is 1. The molecule has 7 heteroatoms. The van der Waals surface area contributed by atoms with E-state index in [-0.39, 0.29) is 9.80 Å². The lowest BCUT2D eigenvalue weighted by molar-refractivity contribution is -0.113. The second-order valence-corrected chi connectivity index (χ2v) is 7.46. The Labute approximate surface area is 144 Å². The van der Waals surface area contributed by atoms with Gasteiger partial charge in [-0.25, -0.2) is 8.42 Å². The predicted molar refractivity (Wildman–Crippen MR) is 92.5 cm³/mol. The van der Waals surface area contributed by atoms with E-state index in [1.807, 2.05) is 0 Å². The summed E-state index contributed by atoms with van der Waals surface area (Å²) in [4.78, 5) is 11.4. The van der Waals surface area contributed by atoms with Crippen molar-refractivity contribution in [1.29, 1.82) is 0 Å². The molecule has 0 amide bonds. The lowest BCUT2D eigenvalue weighted by Gasteiger charge is -2.08. The lowest BCUT2D eigenvalue weighted by atomic mass is 10.3. The highest BCUT2D eigenvalue weighted by Crippen LogP contribution is 2.22. The minimum Gasteiger partial charge on any atom is -0.360 e. The molecule has 0 saturated heterocycles. The van der Waals surface area contributed by atoms with Crippen LogP contribution in [-0.4, -0.2) is 14.2 Å². The molecule has 0 aliphatic rings. The third-order valence-electron chi connectivity index (χ3n) is 2.97. The average molecular weight is 370 g/mol. The Hall–Kier alpha value is -1.82. The molecule has 0 aromatic heterocycles. The second kappa shape index (κ2) is 7.17. The third-order valence-corrected chi connectivity index (χ3v) is 5.36. The Morgan fingerprint density at radius 2 is 1.43 bits per heavy atom. The van der Waals surface area contributed by atoms with Crippen molar-refractivity contribution in [2.45, 2.75) is 11.8 Å². The minimum absolute atomic E-state index is 0.00116. The van der Waals surface area contributed by atoms with Crippen molar-refractivity contribution in [3.8, 4) is 0 Å². The molecule has 0 bridgehead atoms. The number of nitrogens with one attached hydrogen (secondary N) is 1. The molecule has 0 fully saturated rings. The van der Waals surface area contributed by atoms with Crippen molar-refractivity contribution in [3.05, 3.63) is 69.7 Å². The summed E-state index contributed by atoms with van der Waals surface area (Å²) < 4.78 is 25.1. The molecule has 0 aliphatic carbocycles. The summed E-state index contributed by atoms with van der Waals surface area (Å²) in [6, 6.07) is 12.3. The van der Waals surface area contributed by atoms with Crippen LogP contribution in [0.1, 0.15) is 6.92 Å². The summed E-state index contributed by atoms with van der Waals surface area (Å²) in [6.45, 7) is 1.20. The van der Waals surface area contributed by atoms with Crippen LogP contribution in [0.5, 0.6) is 0 Å². The van der Waals surface area contributed by atoms with Gasteiger partial charge in [-0.05, 0) is 55.5 Å². The monoisotopic (exact) mass is 369 g/mol. The van der Waals surface area contributed by atoms with Gasteiger partial charge in [0.15, 0.2) is 5.78 Å². The fourth-order valence-corrected chi connectivity index (χ4v) is 3.40. The van der Waals surface area contributed by atoms with Gasteiger partial charge in [0.05, 0.1) is 4.90 Å². The van der Waals surface area contributed by atoms with Gasteiger partial charge in [-0.2, -0.15) is 0 Å². The SMILES string of the molecule is CC(=O)C(=CNc1ccc(Cl)cc1)S(=O)(=O)c1ccc(Cl)cc1. The zero-order chi connectivity index (χ0) is 17.0. The van der Waals surface area contributed by atoms with Gasteiger partial charge in [0.1, 0.15) is 4.91 Å². The molecule has 0 radical (unpaired) electrons. The van der Waals surface area contributed by atoms with Gasteiger partial charge >= 0.3 is 0 Å². The molecule has 0 spiro atoms. The molecule has 120 valence electrons. The number of Topliss-reactive ketones (excluding diaryl/α,β-unsaturated/α-hetero) is 1. The van der Waals surface area contributed by atoms with E-state index in [2.05, 4.69) is 5.32 Å². The largest absolute Gasteiger partial charge is 0.360 e. The van der Waals surface area contributed by atoms with Gasteiger partial charge in [0.2, 0.25) is 9.84 Å². The third kappa shape index (κ3) is 4.34. The lowest BCUT2D eigenvalue weighted by Crippen LogP contribution is -2.13. The first-order valence-corrected chi connectivity index (χ1v) is 8.78. The van der Waals surface area contributed by atoms with Crippen LogP contribution in [0, 0.1) is 0 Å². The molecule has 1 N–H and O–H groups in total. The highest BCUT2D eigenvalue weighted by molar-refractivity contribution is 7.96. The Morgan fingerprint density at radius 3 is 1.91 bits per heavy atom. The van der Waals surface area contributed by atoms with E-state index in [1.165, 1.54) is 37.4 Å². The summed E-state index contributed by atoms with van der Waals surface area (Å²) in [6.07, 6.45) is 1.18. The summed E-state index contributed by atoms with van der Waals surface area (Å²) in [5.74, 6) is -0.568. The van der Waals surface area contributed by atoms with E-state index >= 15 is 0 Å². The van der Waals surface area contributed by atoms with Gasteiger partial charge in [-0.3, -0.25) is 4.79 Å². The number of benzene rings is 2. The molecule has 23 heavy (non-hydrogen) atoms. The van der Waals surface area contributed by atoms with E-state index < -0.39 is 15.6 Å². The number of ketones is 1. The molecule has 0 saturated carbocycles. The smallest absolute Gasteiger partial charge is 0.211 e. The van der Waals surface area contributed by atoms with Crippen molar-refractivity contribution in [2.24, 2.45) is 0 Å². The van der Waals surface area contributed by atoms with Crippen LogP contribution >= 0.6 is 23.2 Å². The fraction of sp³-hybridized carbons (Fsp3) is 0.0625. The number of halogens is 2. The highest BCUT2D eigenvalue weighted by Gasteiger charge is 2.24. The van der Waals surface area contributed by atoms with Gasteiger partial charge in [0.25, 0.3) is 0 Å². The number of allylic oxidation sites excluding steroid dienone is 1. The summed E-state index contributed by atoms with van der Waals surface area (Å²) in [7, 11) is -3.93. The predicted octanol–water partition coefficient (Wildman–Crippen LogP) is 4.31. The van der Waals surface area contributed by atoms with Crippen molar-refractivity contribution >= 4 is 44.5 Å². The maximum absolute atomic E-state index is 12.6. The average Bonchev–Trinajstić information content (AvgIpc) is 2.49. The second-order valence-electron chi connectivity index (χ2n) is 4.67. The van der Waals surface area contributed by atoms with Gasteiger partial charge in [0, 0.05) is 21.9 Å². The van der Waals surface area contributed by atoms with Crippen molar-refractivity contribution in [1.82, 2.24) is 0 Å². The van der Waals surface area contributed by atoms with Gasteiger partial charge in [-0.1, -0.05) is 23.2 Å². The molecule has 4 nitrogen and oxygen atoms in total. The highest BCUT2D eigenvalue weighted by atomic mass is 35.5. The quantitative estimate of drug-likeness (QED) is 0.797. The maximum Gasteiger partial charge on any atom is 0.211 e. The number of hydrogen-bond acceptors (Lipinski definition) is 4. The molecule has 0 unspecified atom stereocenters. The molecule has 0 atom stereocenters.